The van der Waals surface area contributed by atoms with Gasteiger partial charge in [-0.2, -0.15) is 5.26 Å². The Morgan fingerprint density at radius 2 is 2.14 bits per heavy atom. The fourth-order valence-corrected chi connectivity index (χ4v) is 4.82. The van der Waals surface area contributed by atoms with E-state index in [-0.39, 0.29) is 17.7 Å². The van der Waals surface area contributed by atoms with Crippen LogP contribution in [0, 0.1) is 11.3 Å². The predicted octanol–water partition coefficient (Wildman–Crippen LogP) is 2.52. The zero-order valence-electron chi connectivity index (χ0n) is 20.0. The summed E-state index contributed by atoms with van der Waals surface area (Å²) >= 11 is 1.11. The molecule has 2 heterocycles. The van der Waals surface area contributed by atoms with Crippen LogP contribution in [0.4, 0.5) is 5.69 Å². The summed E-state index contributed by atoms with van der Waals surface area (Å²) in [5.74, 6) is -0.807. The van der Waals surface area contributed by atoms with E-state index in [4.69, 9.17) is 4.74 Å². The van der Waals surface area contributed by atoms with E-state index in [9.17, 15) is 14.9 Å². The van der Waals surface area contributed by atoms with Crippen molar-refractivity contribution in [1.82, 2.24) is 9.47 Å². The number of nitrogens with one attached hydrogen (secondary N) is 1. The normalized spacial score (nSPS) is 12.8. The summed E-state index contributed by atoms with van der Waals surface area (Å²) in [4.78, 5) is 27.3. The van der Waals surface area contributed by atoms with E-state index in [1.807, 2.05) is 19.1 Å². The molecule has 35 heavy (non-hydrogen) atoms. The average Bonchev–Trinajstić information content (AvgIpc) is 3.49. The Labute approximate surface area is 209 Å². The number of carbonyl (C=O) groups excluding carboxylic acids is 1. The van der Waals surface area contributed by atoms with Gasteiger partial charge in [0.25, 0.3) is 5.56 Å². The maximum absolute atomic E-state index is 12.8. The van der Waals surface area contributed by atoms with Crippen molar-refractivity contribution in [3.63, 3.8) is 0 Å². The van der Waals surface area contributed by atoms with Crippen molar-refractivity contribution in [3.05, 3.63) is 73.8 Å². The Bertz CT molecular complexity index is 1350. The predicted molar refractivity (Wildman–Crippen MR) is 139 cm³/mol. The minimum absolute atomic E-state index is 0.0101. The molecule has 0 radical (unpaired) electrons. The van der Waals surface area contributed by atoms with Crippen molar-refractivity contribution in [2.75, 3.05) is 31.6 Å². The molecule has 1 aromatic carbocycles. The van der Waals surface area contributed by atoms with Gasteiger partial charge in [0.2, 0.25) is 0 Å². The highest BCUT2D eigenvalue weighted by Crippen LogP contribution is 2.14. The van der Waals surface area contributed by atoms with Gasteiger partial charge < -0.3 is 15.0 Å². The highest BCUT2D eigenvalue weighted by molar-refractivity contribution is 7.07. The van der Waals surface area contributed by atoms with Gasteiger partial charge >= 0.3 is 5.97 Å². The fraction of sp³-hybridized carbons (Fsp3) is 0.370. The first-order valence-corrected chi connectivity index (χ1v) is 12.6. The van der Waals surface area contributed by atoms with Gasteiger partial charge in [-0.3, -0.25) is 9.36 Å². The Kier molecular flexibility index (Phi) is 9.92. The topological polar surface area (TPSA) is 87.4 Å². The number of ether oxygens (including phenoxy) is 1. The van der Waals surface area contributed by atoms with E-state index in [0.717, 1.165) is 36.4 Å². The van der Waals surface area contributed by atoms with Gasteiger partial charge in [-0.1, -0.05) is 47.6 Å². The molecule has 182 valence electrons. The number of nitriles is 1. The van der Waals surface area contributed by atoms with Crippen LogP contribution in [0.3, 0.4) is 0 Å². The van der Waals surface area contributed by atoms with Crippen LogP contribution < -0.4 is 20.1 Å². The number of esters is 1. The molecule has 1 N–H and O–H groups in total. The maximum Gasteiger partial charge on any atom is 0.357 e. The van der Waals surface area contributed by atoms with E-state index >= 15 is 0 Å². The summed E-state index contributed by atoms with van der Waals surface area (Å²) in [7, 11) is 0. The first-order valence-electron chi connectivity index (χ1n) is 11.8. The van der Waals surface area contributed by atoms with Crippen LogP contribution in [0.5, 0.6) is 0 Å². The molecule has 1 aliphatic rings. The van der Waals surface area contributed by atoms with Crippen LogP contribution in [0.25, 0.3) is 11.5 Å². The first-order chi connectivity index (χ1) is 17.0. The number of anilines is 1. The lowest BCUT2D eigenvalue weighted by molar-refractivity contribution is -0.137. The fourth-order valence-electron chi connectivity index (χ4n) is 3.83. The van der Waals surface area contributed by atoms with Crippen molar-refractivity contribution < 1.29 is 9.53 Å². The average molecular weight is 491 g/mol. The lowest BCUT2D eigenvalue weighted by Crippen LogP contribution is -2.30. The third-order valence-electron chi connectivity index (χ3n) is 5.59. The van der Waals surface area contributed by atoms with Gasteiger partial charge in [0.15, 0.2) is 5.57 Å². The minimum atomic E-state index is -0.807. The van der Waals surface area contributed by atoms with Crippen molar-refractivity contribution in [3.8, 4) is 6.07 Å². The van der Waals surface area contributed by atoms with Gasteiger partial charge in [0, 0.05) is 18.4 Å². The number of likely N-dealkylation sites (tertiary alicyclic amines) is 1. The Balaban J connectivity index is 1.80. The molecule has 0 atom stereocenters. The van der Waals surface area contributed by atoms with Crippen molar-refractivity contribution in [2.45, 2.75) is 39.2 Å². The quantitative estimate of drug-likeness (QED) is 0.238. The highest BCUT2D eigenvalue weighted by Gasteiger charge is 2.11. The number of aromatic nitrogens is 1. The molecule has 0 saturated carbocycles. The summed E-state index contributed by atoms with van der Waals surface area (Å²) in [6, 6.07) is 10.0. The SMILES string of the molecule is C=CCOC(=O)C(=C=c1sc(=C=CNc2cccc(CCCN3CCCC3)c2)c(=O)n1CC)C#N. The molecule has 0 amide bonds. The van der Waals surface area contributed by atoms with Gasteiger partial charge in [-0.25, -0.2) is 4.79 Å². The van der Waals surface area contributed by atoms with Crippen molar-refractivity contribution in [2.24, 2.45) is 0 Å². The molecule has 1 saturated heterocycles. The second-order valence-electron chi connectivity index (χ2n) is 8.07. The number of nitrogens with zero attached hydrogens (tertiary/aromatic N) is 3. The molecule has 2 aromatic rings. The summed E-state index contributed by atoms with van der Waals surface area (Å²) in [6.07, 6.45) is 7.80. The second-order valence-corrected chi connectivity index (χ2v) is 9.07. The van der Waals surface area contributed by atoms with Gasteiger partial charge in [0.05, 0.1) is 0 Å². The number of carbonyl (C=O) groups is 1. The Hall–Kier alpha value is -3.59. The second kappa shape index (κ2) is 13.3. The zero-order chi connectivity index (χ0) is 25.0. The van der Waals surface area contributed by atoms with E-state index in [1.165, 1.54) is 42.1 Å². The molecule has 1 fully saturated rings. The molecule has 0 aliphatic carbocycles. The molecular formula is C27H30N4O3S. The van der Waals surface area contributed by atoms with E-state index < -0.39 is 5.97 Å². The van der Waals surface area contributed by atoms with Crippen LogP contribution in [-0.4, -0.2) is 41.7 Å². The summed E-state index contributed by atoms with van der Waals surface area (Å²) in [5, 5.41) is 12.5. The summed E-state index contributed by atoms with van der Waals surface area (Å²) in [6.45, 7) is 9.22. The summed E-state index contributed by atoms with van der Waals surface area (Å²) in [5.41, 5.74) is 7.34. The van der Waals surface area contributed by atoms with Gasteiger partial charge in [0.1, 0.15) is 21.9 Å². The number of rotatable bonds is 10. The number of hydrogen-bond acceptors (Lipinski definition) is 7. The van der Waals surface area contributed by atoms with Crippen LogP contribution in [0.2, 0.25) is 0 Å². The van der Waals surface area contributed by atoms with Gasteiger partial charge in [-0.05, 0) is 69.9 Å². The molecule has 1 aromatic heterocycles. The van der Waals surface area contributed by atoms with Crippen molar-refractivity contribution >= 4 is 34.5 Å². The van der Waals surface area contributed by atoms with Crippen LogP contribution in [0.15, 0.2) is 53.5 Å². The van der Waals surface area contributed by atoms with Crippen molar-refractivity contribution in [1.29, 1.82) is 5.26 Å². The monoisotopic (exact) mass is 490 g/mol. The molecule has 3 rings (SSSR count). The Morgan fingerprint density at radius 3 is 2.86 bits per heavy atom. The molecule has 0 spiro atoms. The number of hydrogen-bond donors (Lipinski definition) is 1. The number of benzene rings is 1. The molecule has 0 bridgehead atoms. The first kappa shape index (κ1) is 26.0. The van der Waals surface area contributed by atoms with Crippen LogP contribution in [-0.2, 0) is 22.5 Å². The molecule has 7 nitrogen and oxygen atoms in total. The summed E-state index contributed by atoms with van der Waals surface area (Å²) < 4.78 is 7.06. The molecule has 1 aliphatic heterocycles. The maximum atomic E-state index is 12.8. The molecule has 8 heteroatoms. The lowest BCUT2D eigenvalue weighted by atomic mass is 10.1. The Morgan fingerprint density at radius 1 is 1.34 bits per heavy atom. The van der Waals surface area contributed by atoms with Crippen LogP contribution in [0.1, 0.15) is 31.7 Å². The largest absolute Gasteiger partial charge is 0.457 e. The highest BCUT2D eigenvalue weighted by atomic mass is 32.1. The standard InChI is InChI=1S/C27H30N4O3S/c1-3-17-34-27(33)22(20-28)19-25-31(4-2)26(32)24(35-25)12-13-29-23-11-7-9-21(18-23)10-8-16-30-14-5-6-15-30/h3,7,9,11,13,18,29H,1,4-6,8,10,14-17H2,2H3. The minimum Gasteiger partial charge on any atom is -0.457 e. The molecule has 0 unspecified atom stereocenters. The molecular weight excluding hydrogens is 460 g/mol. The smallest absolute Gasteiger partial charge is 0.357 e. The third-order valence-corrected chi connectivity index (χ3v) is 6.60. The number of thiazole rings is 1. The van der Waals surface area contributed by atoms with Gasteiger partial charge in [-0.15, -0.1) is 0 Å². The van der Waals surface area contributed by atoms with E-state index in [1.54, 1.807) is 12.3 Å². The zero-order valence-corrected chi connectivity index (χ0v) is 20.8. The van der Waals surface area contributed by atoms with E-state index in [2.05, 4.69) is 40.4 Å². The third kappa shape index (κ3) is 7.45. The van der Waals surface area contributed by atoms with Crippen LogP contribution >= 0.6 is 11.3 Å². The van der Waals surface area contributed by atoms with E-state index in [0.29, 0.717) is 15.7 Å². The number of aryl methyl sites for hydroxylation is 1. The lowest BCUT2D eigenvalue weighted by Gasteiger charge is -2.14.